The number of amides is 2. The number of aliphatic carboxylic acids is 1. The van der Waals surface area contributed by atoms with Crippen molar-refractivity contribution in [1.82, 2.24) is 5.32 Å². The maximum absolute atomic E-state index is 12.6. The molecule has 1 atom stereocenters. The first-order chi connectivity index (χ1) is 12.9. The van der Waals surface area contributed by atoms with Gasteiger partial charge in [0.1, 0.15) is 6.04 Å². The molecule has 2 aromatic rings. The molecule has 0 aliphatic rings. The standard InChI is InChI=1S/C19H22N2O5S/c1-12(2)17(21-18(24)15-7-4-8-26-15)19(25)20-14-6-3-5-13(9-14)10-27-11-16(22)23/h3-9,12,17H,10-11H2,1-2H3,(H,20,25)(H,21,24)(H,22,23). The Hall–Kier alpha value is -2.74. The first-order valence-electron chi connectivity index (χ1n) is 8.40. The van der Waals surface area contributed by atoms with Crippen LogP contribution < -0.4 is 10.6 Å². The highest BCUT2D eigenvalue weighted by Crippen LogP contribution is 2.17. The number of furan rings is 1. The number of anilines is 1. The van der Waals surface area contributed by atoms with Gasteiger partial charge in [-0.05, 0) is 35.7 Å². The van der Waals surface area contributed by atoms with Gasteiger partial charge in [-0.25, -0.2) is 0 Å². The fraction of sp³-hybridized carbons (Fsp3) is 0.316. The van der Waals surface area contributed by atoms with Crippen molar-refractivity contribution in [2.75, 3.05) is 11.1 Å². The van der Waals surface area contributed by atoms with Crippen molar-refractivity contribution in [2.45, 2.75) is 25.6 Å². The predicted octanol–water partition coefficient (Wildman–Crippen LogP) is 2.99. The van der Waals surface area contributed by atoms with E-state index in [2.05, 4.69) is 10.6 Å². The number of benzene rings is 1. The zero-order valence-corrected chi connectivity index (χ0v) is 15.9. The monoisotopic (exact) mass is 390 g/mol. The highest BCUT2D eigenvalue weighted by atomic mass is 32.2. The van der Waals surface area contributed by atoms with Crippen molar-refractivity contribution in [1.29, 1.82) is 0 Å². The Morgan fingerprint density at radius 3 is 2.59 bits per heavy atom. The lowest BCUT2D eigenvalue weighted by molar-refractivity contribution is -0.133. The normalized spacial score (nSPS) is 11.8. The molecule has 0 bridgehead atoms. The van der Waals surface area contributed by atoms with Gasteiger partial charge < -0.3 is 20.2 Å². The number of hydrogen-bond acceptors (Lipinski definition) is 5. The zero-order chi connectivity index (χ0) is 19.8. The van der Waals surface area contributed by atoms with Crippen LogP contribution in [0.2, 0.25) is 0 Å². The SMILES string of the molecule is CC(C)C(NC(=O)c1ccco1)C(=O)Nc1cccc(CSCC(=O)O)c1. The molecule has 1 aromatic heterocycles. The second kappa shape index (κ2) is 9.82. The minimum absolute atomic E-state index is 0.0187. The first kappa shape index (κ1) is 20.6. The topological polar surface area (TPSA) is 109 Å². The van der Waals surface area contributed by atoms with Gasteiger partial charge in [-0.3, -0.25) is 14.4 Å². The van der Waals surface area contributed by atoms with E-state index in [1.165, 1.54) is 24.1 Å². The van der Waals surface area contributed by atoms with Crippen LogP contribution in [0.25, 0.3) is 0 Å². The number of carbonyl (C=O) groups is 3. The van der Waals surface area contributed by atoms with Crippen molar-refractivity contribution in [2.24, 2.45) is 5.92 Å². The summed E-state index contributed by atoms with van der Waals surface area (Å²) < 4.78 is 5.06. The third-order valence-electron chi connectivity index (χ3n) is 3.67. The molecule has 7 nitrogen and oxygen atoms in total. The van der Waals surface area contributed by atoms with Crippen LogP contribution in [0.15, 0.2) is 47.1 Å². The molecule has 0 radical (unpaired) electrons. The van der Waals surface area contributed by atoms with E-state index in [1.54, 1.807) is 24.3 Å². The third kappa shape index (κ3) is 6.49. The first-order valence-corrected chi connectivity index (χ1v) is 9.56. The molecule has 0 saturated heterocycles. The largest absolute Gasteiger partial charge is 0.481 e. The Morgan fingerprint density at radius 2 is 1.96 bits per heavy atom. The molecule has 144 valence electrons. The van der Waals surface area contributed by atoms with Crippen LogP contribution in [0.1, 0.15) is 30.0 Å². The van der Waals surface area contributed by atoms with Gasteiger partial charge in [0.2, 0.25) is 5.91 Å². The Balaban J connectivity index is 2.00. The molecule has 2 rings (SSSR count). The lowest BCUT2D eigenvalue weighted by atomic mass is 10.0. The summed E-state index contributed by atoms with van der Waals surface area (Å²) in [6.07, 6.45) is 1.40. The predicted molar refractivity (Wildman–Crippen MR) is 104 cm³/mol. The molecule has 3 N–H and O–H groups in total. The van der Waals surface area contributed by atoms with E-state index in [4.69, 9.17) is 9.52 Å². The van der Waals surface area contributed by atoms with Gasteiger partial charge >= 0.3 is 5.97 Å². The van der Waals surface area contributed by atoms with E-state index in [0.717, 1.165) is 5.56 Å². The minimum atomic E-state index is -0.864. The van der Waals surface area contributed by atoms with Crippen LogP contribution in [-0.4, -0.2) is 34.7 Å². The van der Waals surface area contributed by atoms with Crippen molar-refractivity contribution in [3.8, 4) is 0 Å². The molecule has 1 unspecified atom stereocenters. The van der Waals surface area contributed by atoms with Crippen LogP contribution in [0, 0.1) is 5.92 Å². The molecular formula is C19H22N2O5S. The molecule has 1 heterocycles. The van der Waals surface area contributed by atoms with Crippen molar-refractivity contribution >= 4 is 35.2 Å². The Bertz CT molecular complexity index is 789. The second-order valence-electron chi connectivity index (χ2n) is 6.25. The summed E-state index contributed by atoms with van der Waals surface area (Å²) in [4.78, 5) is 35.4. The third-order valence-corrected chi connectivity index (χ3v) is 4.66. The Labute approximate surface area is 161 Å². The molecule has 0 aliphatic carbocycles. The van der Waals surface area contributed by atoms with Crippen LogP contribution in [0.4, 0.5) is 5.69 Å². The van der Waals surface area contributed by atoms with Crippen molar-refractivity contribution in [3.05, 3.63) is 54.0 Å². The molecule has 27 heavy (non-hydrogen) atoms. The number of rotatable bonds is 9. The smallest absolute Gasteiger partial charge is 0.313 e. The van der Waals surface area contributed by atoms with E-state index in [1.807, 2.05) is 19.9 Å². The summed E-state index contributed by atoms with van der Waals surface area (Å²) in [5, 5.41) is 14.2. The van der Waals surface area contributed by atoms with E-state index in [0.29, 0.717) is 11.4 Å². The molecule has 8 heteroatoms. The van der Waals surface area contributed by atoms with E-state index in [9.17, 15) is 14.4 Å². The lowest BCUT2D eigenvalue weighted by Gasteiger charge is -2.21. The van der Waals surface area contributed by atoms with Gasteiger partial charge in [-0.2, -0.15) is 0 Å². The van der Waals surface area contributed by atoms with Gasteiger partial charge in [0.15, 0.2) is 5.76 Å². The summed E-state index contributed by atoms with van der Waals surface area (Å²) in [7, 11) is 0. The summed E-state index contributed by atoms with van der Waals surface area (Å²) in [6, 6.07) is 9.60. The number of carboxylic acids is 1. The molecule has 2 amide bonds. The fourth-order valence-corrected chi connectivity index (χ4v) is 3.06. The van der Waals surface area contributed by atoms with Crippen molar-refractivity contribution in [3.63, 3.8) is 0 Å². The average molecular weight is 390 g/mol. The summed E-state index contributed by atoms with van der Waals surface area (Å²) in [5.41, 5.74) is 1.49. The highest BCUT2D eigenvalue weighted by molar-refractivity contribution is 7.99. The number of hydrogen-bond donors (Lipinski definition) is 3. The highest BCUT2D eigenvalue weighted by Gasteiger charge is 2.25. The Kier molecular flexibility index (Phi) is 7.48. The number of carboxylic acid groups (broad SMARTS) is 1. The number of nitrogens with one attached hydrogen (secondary N) is 2. The molecule has 0 saturated carbocycles. The van der Waals surface area contributed by atoms with E-state index >= 15 is 0 Å². The van der Waals surface area contributed by atoms with E-state index < -0.39 is 17.9 Å². The van der Waals surface area contributed by atoms with Crippen LogP contribution >= 0.6 is 11.8 Å². The zero-order valence-electron chi connectivity index (χ0n) is 15.1. The summed E-state index contributed by atoms with van der Waals surface area (Å²) >= 11 is 1.28. The second-order valence-corrected chi connectivity index (χ2v) is 7.23. The van der Waals surface area contributed by atoms with Gasteiger partial charge in [0.05, 0.1) is 12.0 Å². The lowest BCUT2D eigenvalue weighted by Crippen LogP contribution is -2.47. The fourth-order valence-electron chi connectivity index (χ4n) is 2.37. The van der Waals surface area contributed by atoms with Gasteiger partial charge in [-0.1, -0.05) is 26.0 Å². The number of carbonyl (C=O) groups excluding carboxylic acids is 2. The molecule has 1 aromatic carbocycles. The van der Waals surface area contributed by atoms with Crippen LogP contribution in [0.3, 0.4) is 0 Å². The number of thioether (sulfide) groups is 1. The molecule has 0 fully saturated rings. The molecular weight excluding hydrogens is 368 g/mol. The minimum Gasteiger partial charge on any atom is -0.481 e. The van der Waals surface area contributed by atoms with Crippen LogP contribution in [0.5, 0.6) is 0 Å². The quantitative estimate of drug-likeness (QED) is 0.607. The molecule has 0 aliphatic heterocycles. The van der Waals surface area contributed by atoms with Crippen LogP contribution in [-0.2, 0) is 15.3 Å². The maximum atomic E-state index is 12.6. The summed E-state index contributed by atoms with van der Waals surface area (Å²) in [6.45, 7) is 3.68. The van der Waals surface area contributed by atoms with Gasteiger partial charge in [0, 0.05) is 11.4 Å². The summed E-state index contributed by atoms with van der Waals surface area (Å²) in [5.74, 6) is -1.09. The molecule has 0 spiro atoms. The maximum Gasteiger partial charge on any atom is 0.313 e. The van der Waals surface area contributed by atoms with Gasteiger partial charge in [0.25, 0.3) is 5.91 Å². The van der Waals surface area contributed by atoms with E-state index in [-0.39, 0.29) is 23.3 Å². The average Bonchev–Trinajstić information content (AvgIpc) is 3.14. The van der Waals surface area contributed by atoms with Crippen molar-refractivity contribution < 1.29 is 23.9 Å². The van der Waals surface area contributed by atoms with Gasteiger partial charge in [-0.15, -0.1) is 11.8 Å². The Morgan fingerprint density at radius 1 is 1.19 bits per heavy atom.